The van der Waals surface area contributed by atoms with Crippen LogP contribution in [0.2, 0.25) is 0 Å². The van der Waals surface area contributed by atoms with Crippen LogP contribution in [0.25, 0.3) is 0 Å². The summed E-state index contributed by atoms with van der Waals surface area (Å²) in [7, 11) is 0. The fraction of sp³-hybridized carbons (Fsp3) is 0.619. The Labute approximate surface area is 151 Å². The number of aryl methyl sites for hydroxylation is 2. The van der Waals surface area contributed by atoms with E-state index in [9.17, 15) is 9.59 Å². The first-order valence-corrected chi connectivity index (χ1v) is 9.46. The fourth-order valence-electron chi connectivity index (χ4n) is 2.49. The molecule has 0 amide bonds. The van der Waals surface area contributed by atoms with Crippen LogP contribution in [-0.2, 0) is 14.3 Å². The lowest BCUT2D eigenvalue weighted by atomic mass is 10.1. The first-order chi connectivity index (χ1) is 12.0. The van der Waals surface area contributed by atoms with Crippen molar-refractivity contribution in [2.24, 2.45) is 0 Å². The Hall–Kier alpha value is -1.84. The molecule has 0 fully saturated rings. The van der Waals surface area contributed by atoms with Crippen LogP contribution < -0.4 is 4.74 Å². The van der Waals surface area contributed by atoms with Gasteiger partial charge >= 0.3 is 11.9 Å². The van der Waals surface area contributed by atoms with Gasteiger partial charge in [-0.1, -0.05) is 44.7 Å². The van der Waals surface area contributed by atoms with Crippen LogP contribution in [0.15, 0.2) is 18.2 Å². The summed E-state index contributed by atoms with van der Waals surface area (Å²) in [6.45, 7) is 6.57. The summed E-state index contributed by atoms with van der Waals surface area (Å²) in [6.07, 6.45) is 7.68. The summed E-state index contributed by atoms with van der Waals surface area (Å²) in [5.41, 5.74) is 2.01. The second-order valence-electron chi connectivity index (χ2n) is 6.58. The van der Waals surface area contributed by atoms with E-state index in [-0.39, 0.29) is 11.9 Å². The molecular weight excluding hydrogens is 316 g/mol. The van der Waals surface area contributed by atoms with E-state index in [2.05, 4.69) is 6.92 Å². The number of ether oxygens (including phenoxy) is 2. The summed E-state index contributed by atoms with van der Waals surface area (Å²) in [5, 5.41) is 0. The first kappa shape index (κ1) is 21.2. The first-order valence-electron chi connectivity index (χ1n) is 9.46. The van der Waals surface area contributed by atoms with Crippen molar-refractivity contribution in [1.82, 2.24) is 0 Å². The van der Waals surface area contributed by atoms with Gasteiger partial charge in [0.15, 0.2) is 0 Å². The molecule has 4 nitrogen and oxygen atoms in total. The van der Waals surface area contributed by atoms with Crippen LogP contribution in [0.4, 0.5) is 0 Å². The fourth-order valence-corrected chi connectivity index (χ4v) is 2.49. The van der Waals surface area contributed by atoms with Crippen molar-refractivity contribution in [1.29, 1.82) is 0 Å². The molecule has 140 valence electrons. The lowest BCUT2D eigenvalue weighted by molar-refractivity contribution is -0.144. The predicted octanol–water partition coefficient (Wildman–Crippen LogP) is 5.28. The molecule has 0 aliphatic heterocycles. The Morgan fingerprint density at radius 2 is 1.56 bits per heavy atom. The van der Waals surface area contributed by atoms with E-state index in [1.807, 2.05) is 32.0 Å². The number of carbonyl (C=O) groups is 2. The molecule has 0 aliphatic rings. The molecule has 0 aromatic heterocycles. The smallest absolute Gasteiger partial charge is 0.311 e. The zero-order valence-corrected chi connectivity index (χ0v) is 15.9. The van der Waals surface area contributed by atoms with Crippen molar-refractivity contribution in [3.05, 3.63) is 29.3 Å². The van der Waals surface area contributed by atoms with E-state index in [0.29, 0.717) is 38.0 Å². The molecule has 0 heterocycles. The maximum Gasteiger partial charge on any atom is 0.311 e. The predicted molar refractivity (Wildman–Crippen MR) is 99.7 cm³/mol. The molecule has 0 unspecified atom stereocenters. The van der Waals surface area contributed by atoms with Gasteiger partial charge in [0.25, 0.3) is 0 Å². The molecule has 0 saturated carbocycles. The molecule has 1 aromatic carbocycles. The lowest BCUT2D eigenvalue weighted by Gasteiger charge is -2.08. The summed E-state index contributed by atoms with van der Waals surface area (Å²) in [4.78, 5) is 23.5. The van der Waals surface area contributed by atoms with Crippen LogP contribution in [0.1, 0.15) is 75.8 Å². The molecule has 0 bridgehead atoms. The SMILES string of the molecule is CCCCCCCOC(=O)CCCCC(=O)Oc1cc(C)ccc1C. The molecule has 1 aromatic rings. The largest absolute Gasteiger partial charge is 0.466 e. The van der Waals surface area contributed by atoms with Gasteiger partial charge in [0, 0.05) is 12.8 Å². The Bertz CT molecular complexity index is 537. The summed E-state index contributed by atoms with van der Waals surface area (Å²) in [5.74, 6) is 0.198. The molecule has 1 rings (SSSR count). The van der Waals surface area contributed by atoms with Crippen molar-refractivity contribution in [3.8, 4) is 5.75 Å². The van der Waals surface area contributed by atoms with Crippen LogP contribution in [0.3, 0.4) is 0 Å². The van der Waals surface area contributed by atoms with Gasteiger partial charge in [-0.2, -0.15) is 0 Å². The third kappa shape index (κ3) is 9.90. The highest BCUT2D eigenvalue weighted by molar-refractivity contribution is 5.73. The average Bonchev–Trinajstić information content (AvgIpc) is 2.58. The normalized spacial score (nSPS) is 10.5. The molecule has 0 radical (unpaired) electrons. The van der Waals surface area contributed by atoms with E-state index < -0.39 is 0 Å². The van der Waals surface area contributed by atoms with E-state index >= 15 is 0 Å². The van der Waals surface area contributed by atoms with Gasteiger partial charge in [-0.25, -0.2) is 0 Å². The van der Waals surface area contributed by atoms with Gasteiger partial charge in [0.1, 0.15) is 5.75 Å². The van der Waals surface area contributed by atoms with Crippen LogP contribution >= 0.6 is 0 Å². The molecular formula is C21H32O4. The lowest BCUT2D eigenvalue weighted by Crippen LogP contribution is -2.10. The monoisotopic (exact) mass is 348 g/mol. The molecule has 0 N–H and O–H groups in total. The van der Waals surface area contributed by atoms with E-state index in [1.54, 1.807) is 0 Å². The number of esters is 2. The Morgan fingerprint density at radius 1 is 0.880 bits per heavy atom. The maximum atomic E-state index is 11.9. The van der Waals surface area contributed by atoms with E-state index in [0.717, 1.165) is 24.0 Å². The highest BCUT2D eigenvalue weighted by Crippen LogP contribution is 2.20. The van der Waals surface area contributed by atoms with Gasteiger partial charge in [-0.15, -0.1) is 0 Å². The Balaban J connectivity index is 2.09. The number of benzene rings is 1. The standard InChI is InChI=1S/C21H32O4/c1-4-5-6-7-10-15-24-20(22)11-8-9-12-21(23)25-19-16-17(2)13-14-18(19)3/h13-14,16H,4-12,15H2,1-3H3. The minimum absolute atomic E-state index is 0.168. The zero-order valence-electron chi connectivity index (χ0n) is 15.9. The molecule has 0 saturated heterocycles. The van der Waals surface area contributed by atoms with Gasteiger partial charge in [0.05, 0.1) is 6.61 Å². The maximum absolute atomic E-state index is 11.9. The number of hydrogen-bond donors (Lipinski definition) is 0. The van der Waals surface area contributed by atoms with Gasteiger partial charge < -0.3 is 9.47 Å². The number of carbonyl (C=O) groups excluding carboxylic acids is 2. The quantitative estimate of drug-likeness (QED) is 0.293. The number of hydrogen-bond acceptors (Lipinski definition) is 4. The average molecular weight is 348 g/mol. The molecule has 0 aliphatic carbocycles. The summed E-state index contributed by atoms with van der Waals surface area (Å²) < 4.78 is 10.6. The minimum Gasteiger partial charge on any atom is -0.466 e. The van der Waals surface area contributed by atoms with Crippen LogP contribution in [-0.4, -0.2) is 18.5 Å². The summed E-state index contributed by atoms with van der Waals surface area (Å²) in [6, 6.07) is 5.80. The minimum atomic E-state index is -0.252. The van der Waals surface area contributed by atoms with Gasteiger partial charge in [-0.3, -0.25) is 9.59 Å². The molecule has 0 spiro atoms. The van der Waals surface area contributed by atoms with Gasteiger partial charge in [0.2, 0.25) is 0 Å². The molecule has 4 heteroatoms. The third-order valence-corrected chi connectivity index (χ3v) is 4.09. The van der Waals surface area contributed by atoms with Crippen LogP contribution in [0, 0.1) is 13.8 Å². The second-order valence-corrected chi connectivity index (χ2v) is 6.58. The second kappa shape index (κ2) is 12.5. The zero-order chi connectivity index (χ0) is 18.5. The van der Waals surface area contributed by atoms with Crippen molar-refractivity contribution in [3.63, 3.8) is 0 Å². The molecule has 0 atom stereocenters. The van der Waals surface area contributed by atoms with Crippen molar-refractivity contribution in [2.75, 3.05) is 6.61 Å². The summed E-state index contributed by atoms with van der Waals surface area (Å²) >= 11 is 0. The van der Waals surface area contributed by atoms with E-state index in [1.165, 1.54) is 19.3 Å². The number of rotatable bonds is 12. The number of unbranched alkanes of at least 4 members (excludes halogenated alkanes) is 5. The van der Waals surface area contributed by atoms with Crippen LogP contribution in [0.5, 0.6) is 5.75 Å². The van der Waals surface area contributed by atoms with E-state index in [4.69, 9.17) is 9.47 Å². The highest BCUT2D eigenvalue weighted by atomic mass is 16.5. The highest BCUT2D eigenvalue weighted by Gasteiger charge is 2.09. The Morgan fingerprint density at radius 3 is 2.28 bits per heavy atom. The molecule has 25 heavy (non-hydrogen) atoms. The van der Waals surface area contributed by atoms with Crippen molar-refractivity contribution >= 4 is 11.9 Å². The topological polar surface area (TPSA) is 52.6 Å². The Kier molecular flexibility index (Phi) is 10.6. The third-order valence-electron chi connectivity index (χ3n) is 4.09. The van der Waals surface area contributed by atoms with Crippen molar-refractivity contribution < 1.29 is 19.1 Å². The van der Waals surface area contributed by atoms with Gasteiger partial charge in [-0.05, 0) is 50.3 Å². The van der Waals surface area contributed by atoms with Crippen molar-refractivity contribution in [2.45, 2.75) is 78.6 Å².